The first kappa shape index (κ1) is 11.1. The van der Waals surface area contributed by atoms with Crippen molar-refractivity contribution < 1.29 is 4.74 Å². The van der Waals surface area contributed by atoms with Gasteiger partial charge in [0.2, 0.25) is 5.96 Å². The fraction of sp³-hybridized carbons (Fsp3) is 0.222. The van der Waals surface area contributed by atoms with Gasteiger partial charge in [0.15, 0.2) is 0 Å². The minimum Gasteiger partial charge on any atom is -0.497 e. The molecule has 6 heteroatoms. The minimum absolute atomic E-state index is 0.0887. The van der Waals surface area contributed by atoms with Crippen LogP contribution in [0, 0.1) is 0 Å². The number of methoxy groups -OCH3 is 1. The van der Waals surface area contributed by atoms with Gasteiger partial charge in [-0.1, -0.05) is 12.1 Å². The number of ether oxygens (including phenoxy) is 1. The molecule has 6 N–H and O–H groups in total. The van der Waals surface area contributed by atoms with Crippen molar-refractivity contribution >= 4 is 5.96 Å². The predicted octanol–water partition coefficient (Wildman–Crippen LogP) is -0.441. The smallest absolute Gasteiger partial charge is 0.227 e. The Hall–Kier alpha value is -1.95. The Balaban J connectivity index is 2.65. The van der Waals surface area contributed by atoms with E-state index in [1.165, 1.54) is 5.01 Å². The average Bonchev–Trinajstić information content (AvgIpc) is 2.29. The third-order valence-corrected chi connectivity index (χ3v) is 1.94. The summed E-state index contributed by atoms with van der Waals surface area (Å²) in [5.74, 6) is 11.5. The summed E-state index contributed by atoms with van der Waals surface area (Å²) in [7, 11) is 1.61. The summed E-state index contributed by atoms with van der Waals surface area (Å²) in [5, 5.41) is 4.55. The second kappa shape index (κ2) is 5.06. The quantitative estimate of drug-likeness (QED) is 0.271. The van der Waals surface area contributed by atoms with Crippen LogP contribution in [0.1, 0.15) is 5.56 Å². The fourth-order valence-corrected chi connectivity index (χ4v) is 1.08. The molecular formula is C9H15N5O. The number of hydrazine groups is 1. The summed E-state index contributed by atoms with van der Waals surface area (Å²) in [5.41, 5.74) is 6.41. The Morgan fingerprint density at radius 3 is 2.47 bits per heavy atom. The Morgan fingerprint density at radius 2 is 2.00 bits per heavy atom. The van der Waals surface area contributed by atoms with Crippen molar-refractivity contribution in [1.29, 1.82) is 0 Å². The predicted molar refractivity (Wildman–Crippen MR) is 58.5 cm³/mol. The van der Waals surface area contributed by atoms with Gasteiger partial charge in [-0.05, 0) is 17.7 Å². The van der Waals surface area contributed by atoms with Crippen LogP contribution < -0.4 is 22.2 Å². The number of hydrogen-bond donors (Lipinski definition) is 3. The summed E-state index contributed by atoms with van der Waals surface area (Å²) < 4.78 is 5.03. The maximum absolute atomic E-state index is 5.60. The molecule has 1 rings (SSSR count). The van der Waals surface area contributed by atoms with Crippen molar-refractivity contribution in [2.75, 3.05) is 7.11 Å². The molecule has 0 saturated heterocycles. The normalized spacial score (nSPS) is 11.2. The number of hydrogen-bond acceptors (Lipinski definition) is 4. The van der Waals surface area contributed by atoms with Gasteiger partial charge in [0, 0.05) is 0 Å². The lowest BCUT2D eigenvalue weighted by molar-refractivity contribution is 0.412. The molecule has 0 aliphatic rings. The van der Waals surface area contributed by atoms with E-state index >= 15 is 0 Å². The number of rotatable bonds is 3. The first-order valence-electron chi connectivity index (χ1n) is 4.36. The third kappa shape index (κ3) is 3.03. The molecule has 0 atom stereocenters. The molecule has 0 aromatic heterocycles. The maximum Gasteiger partial charge on any atom is 0.227 e. The summed E-state index contributed by atoms with van der Waals surface area (Å²) >= 11 is 0. The van der Waals surface area contributed by atoms with Crippen molar-refractivity contribution in [2.24, 2.45) is 22.5 Å². The van der Waals surface area contributed by atoms with Gasteiger partial charge in [-0.2, -0.15) is 0 Å². The van der Waals surface area contributed by atoms with Gasteiger partial charge in [-0.25, -0.2) is 5.84 Å². The molecule has 0 amide bonds. The molecule has 15 heavy (non-hydrogen) atoms. The Morgan fingerprint density at radius 1 is 1.40 bits per heavy atom. The summed E-state index contributed by atoms with van der Waals surface area (Å²) in [6.45, 7) is 0.441. The van der Waals surface area contributed by atoms with Crippen LogP contribution in [0.3, 0.4) is 0 Å². The lowest BCUT2D eigenvalue weighted by Crippen LogP contribution is -2.42. The van der Waals surface area contributed by atoms with Crippen LogP contribution in [0.15, 0.2) is 29.4 Å². The third-order valence-electron chi connectivity index (χ3n) is 1.94. The molecule has 6 nitrogen and oxygen atoms in total. The Bertz CT molecular complexity index is 335. The number of guanidine groups is 1. The largest absolute Gasteiger partial charge is 0.497 e. The molecule has 1 aromatic carbocycles. The highest BCUT2D eigenvalue weighted by atomic mass is 16.5. The van der Waals surface area contributed by atoms with E-state index in [4.69, 9.17) is 22.2 Å². The van der Waals surface area contributed by atoms with Crippen LogP contribution in [0.4, 0.5) is 0 Å². The molecule has 0 fully saturated rings. The van der Waals surface area contributed by atoms with Crippen molar-refractivity contribution in [3.63, 3.8) is 0 Å². The van der Waals surface area contributed by atoms with E-state index < -0.39 is 0 Å². The molecular weight excluding hydrogens is 194 g/mol. The summed E-state index contributed by atoms with van der Waals surface area (Å²) in [6.07, 6.45) is 0. The standard InChI is InChI=1S/C9H15N5O/c1-15-8-4-2-7(3-5-8)6-14(12)9(10)13-11/h2-5H,6,11-12H2,1H3,(H2,10,13). The zero-order valence-electron chi connectivity index (χ0n) is 8.55. The van der Waals surface area contributed by atoms with Crippen LogP contribution in [-0.4, -0.2) is 18.1 Å². The van der Waals surface area contributed by atoms with Crippen molar-refractivity contribution in [3.05, 3.63) is 29.8 Å². The van der Waals surface area contributed by atoms with E-state index in [1.54, 1.807) is 7.11 Å². The highest BCUT2D eigenvalue weighted by Gasteiger charge is 2.03. The van der Waals surface area contributed by atoms with Gasteiger partial charge in [0.25, 0.3) is 0 Å². The van der Waals surface area contributed by atoms with Crippen molar-refractivity contribution in [3.8, 4) is 5.75 Å². The number of nitrogens with zero attached hydrogens (tertiary/aromatic N) is 2. The van der Waals surface area contributed by atoms with Gasteiger partial charge in [0.1, 0.15) is 5.75 Å². The fourth-order valence-electron chi connectivity index (χ4n) is 1.08. The molecule has 82 valence electrons. The first-order chi connectivity index (χ1) is 7.17. The lowest BCUT2D eigenvalue weighted by Gasteiger charge is -2.16. The van der Waals surface area contributed by atoms with Gasteiger partial charge in [0.05, 0.1) is 13.7 Å². The average molecular weight is 209 g/mol. The SMILES string of the molecule is COc1ccc(CN(N)/C(N)=N\N)cc1. The van der Waals surface area contributed by atoms with Gasteiger partial charge in [-0.15, -0.1) is 5.10 Å². The molecule has 1 aromatic rings. The number of hydrazone groups is 1. The number of benzene rings is 1. The van der Waals surface area contributed by atoms with E-state index in [1.807, 2.05) is 24.3 Å². The van der Waals surface area contributed by atoms with Crippen molar-refractivity contribution in [1.82, 2.24) is 5.01 Å². The highest BCUT2D eigenvalue weighted by molar-refractivity contribution is 5.76. The second-order valence-electron chi connectivity index (χ2n) is 2.96. The molecule has 0 radical (unpaired) electrons. The van der Waals surface area contributed by atoms with Gasteiger partial charge in [-0.3, -0.25) is 5.01 Å². The second-order valence-corrected chi connectivity index (χ2v) is 2.96. The lowest BCUT2D eigenvalue weighted by atomic mass is 10.2. The molecule has 0 spiro atoms. The Kier molecular flexibility index (Phi) is 3.75. The topological polar surface area (TPSA) is 103 Å². The van der Waals surface area contributed by atoms with Crippen LogP contribution >= 0.6 is 0 Å². The van der Waals surface area contributed by atoms with Crippen LogP contribution in [0.5, 0.6) is 5.75 Å². The van der Waals surface area contributed by atoms with Crippen LogP contribution in [0.2, 0.25) is 0 Å². The summed E-state index contributed by atoms with van der Waals surface area (Å²) in [6, 6.07) is 7.48. The zero-order chi connectivity index (χ0) is 11.3. The van der Waals surface area contributed by atoms with Crippen molar-refractivity contribution in [2.45, 2.75) is 6.54 Å². The zero-order valence-corrected chi connectivity index (χ0v) is 8.55. The van der Waals surface area contributed by atoms with Crippen LogP contribution in [-0.2, 0) is 6.54 Å². The van der Waals surface area contributed by atoms with Gasteiger partial charge >= 0.3 is 0 Å². The Labute approximate surface area is 88.3 Å². The van der Waals surface area contributed by atoms with E-state index in [9.17, 15) is 0 Å². The van der Waals surface area contributed by atoms with E-state index in [-0.39, 0.29) is 5.96 Å². The number of nitrogens with two attached hydrogens (primary N) is 3. The highest BCUT2D eigenvalue weighted by Crippen LogP contribution is 2.11. The minimum atomic E-state index is 0.0887. The van der Waals surface area contributed by atoms with E-state index in [0.717, 1.165) is 11.3 Å². The summed E-state index contributed by atoms with van der Waals surface area (Å²) in [4.78, 5) is 0. The molecule has 0 unspecified atom stereocenters. The van der Waals surface area contributed by atoms with E-state index in [0.29, 0.717) is 6.54 Å². The molecule has 0 bridgehead atoms. The maximum atomic E-state index is 5.60. The van der Waals surface area contributed by atoms with E-state index in [2.05, 4.69) is 5.10 Å². The van der Waals surface area contributed by atoms with Gasteiger partial charge < -0.3 is 16.3 Å². The first-order valence-corrected chi connectivity index (χ1v) is 4.36. The monoisotopic (exact) mass is 209 g/mol. The molecule has 0 saturated carbocycles. The van der Waals surface area contributed by atoms with Crippen LogP contribution in [0.25, 0.3) is 0 Å². The molecule has 0 aliphatic carbocycles. The molecule has 0 heterocycles. The molecule has 0 aliphatic heterocycles.